The zero-order chi connectivity index (χ0) is 16.7. The molecule has 2 atom stereocenters. The van der Waals surface area contributed by atoms with Crippen LogP contribution in [0.15, 0.2) is 54.6 Å². The highest BCUT2D eigenvalue weighted by atomic mass is 35.5. The minimum Gasteiger partial charge on any atom is -0.465 e. The fraction of sp³-hybridized carbons (Fsp3) is 0.400. The molecule has 0 aliphatic carbocycles. The van der Waals surface area contributed by atoms with Gasteiger partial charge in [0.15, 0.2) is 6.29 Å². The van der Waals surface area contributed by atoms with E-state index in [1.54, 1.807) is 0 Å². The molecule has 2 rings (SSSR count). The summed E-state index contributed by atoms with van der Waals surface area (Å²) in [5.41, 5.74) is 2.37. The molecule has 0 fully saturated rings. The van der Waals surface area contributed by atoms with E-state index < -0.39 is 0 Å². The molecule has 0 heterocycles. The number of benzene rings is 2. The third-order valence-electron chi connectivity index (χ3n) is 4.01. The normalized spacial score (nSPS) is 15.0. The molecule has 3 heteroatoms. The van der Waals surface area contributed by atoms with E-state index in [2.05, 4.69) is 19.1 Å². The van der Waals surface area contributed by atoms with Gasteiger partial charge >= 0.3 is 0 Å². The number of hydrogen-bond acceptors (Lipinski definition) is 2. The lowest BCUT2D eigenvalue weighted by molar-refractivity contribution is -0.0654. The van der Waals surface area contributed by atoms with Gasteiger partial charge in [-0.05, 0) is 49.9 Å². The molecule has 0 saturated heterocycles. The van der Waals surface area contributed by atoms with Gasteiger partial charge in [0.05, 0.1) is 11.5 Å². The smallest absolute Gasteiger partial charge is 0.196 e. The van der Waals surface area contributed by atoms with Crippen LogP contribution in [0.3, 0.4) is 0 Å². The Balaban J connectivity index is 1.80. The maximum Gasteiger partial charge on any atom is 0.196 e. The molecule has 0 aliphatic rings. The van der Waals surface area contributed by atoms with E-state index in [1.165, 1.54) is 5.56 Å². The average molecular weight is 333 g/mol. The highest BCUT2D eigenvalue weighted by molar-refractivity contribution is 6.23. The van der Waals surface area contributed by atoms with Gasteiger partial charge in [-0.3, -0.25) is 0 Å². The standard InChI is InChI=1S/C20H25ClO2/c1-4-20(3,21)18-10-12-19(13-11-18)23-16(2)22-15-14-17-8-6-5-7-9-17/h5-13,16H,4,14-15H2,1-3H3. The van der Waals surface area contributed by atoms with Gasteiger partial charge in [-0.2, -0.15) is 0 Å². The van der Waals surface area contributed by atoms with Gasteiger partial charge in [-0.1, -0.05) is 49.4 Å². The maximum atomic E-state index is 6.47. The summed E-state index contributed by atoms with van der Waals surface area (Å²) < 4.78 is 11.5. The van der Waals surface area contributed by atoms with Gasteiger partial charge in [0.1, 0.15) is 5.75 Å². The molecular formula is C20H25ClO2. The van der Waals surface area contributed by atoms with Crippen molar-refractivity contribution in [1.82, 2.24) is 0 Å². The summed E-state index contributed by atoms with van der Waals surface area (Å²) in [4.78, 5) is -0.323. The first kappa shape index (κ1) is 17.8. The molecule has 0 aromatic heterocycles. The molecular weight excluding hydrogens is 308 g/mol. The maximum absolute atomic E-state index is 6.47. The molecule has 0 saturated carbocycles. The lowest BCUT2D eigenvalue weighted by Gasteiger charge is -2.21. The first-order valence-corrected chi connectivity index (χ1v) is 8.50. The summed E-state index contributed by atoms with van der Waals surface area (Å²) in [5, 5.41) is 0. The third kappa shape index (κ3) is 5.56. The van der Waals surface area contributed by atoms with Gasteiger partial charge in [0.25, 0.3) is 0 Å². The van der Waals surface area contributed by atoms with Crippen molar-refractivity contribution >= 4 is 11.6 Å². The Labute approximate surface area is 144 Å². The number of alkyl halides is 1. The van der Waals surface area contributed by atoms with Crippen molar-refractivity contribution in [1.29, 1.82) is 0 Å². The topological polar surface area (TPSA) is 18.5 Å². The first-order chi connectivity index (χ1) is 11.0. The lowest BCUT2D eigenvalue weighted by Crippen LogP contribution is -2.18. The second-order valence-electron chi connectivity index (χ2n) is 5.87. The predicted molar refractivity (Wildman–Crippen MR) is 96.1 cm³/mol. The van der Waals surface area contributed by atoms with E-state index in [-0.39, 0.29) is 11.2 Å². The Morgan fingerprint density at radius 3 is 2.30 bits per heavy atom. The summed E-state index contributed by atoms with van der Waals surface area (Å²) in [6.07, 6.45) is 1.49. The molecule has 0 N–H and O–H groups in total. The van der Waals surface area contributed by atoms with Crippen LogP contribution in [0.2, 0.25) is 0 Å². The third-order valence-corrected chi connectivity index (χ3v) is 4.49. The number of hydrogen-bond donors (Lipinski definition) is 0. The highest BCUT2D eigenvalue weighted by Crippen LogP contribution is 2.32. The zero-order valence-electron chi connectivity index (χ0n) is 14.1. The molecule has 23 heavy (non-hydrogen) atoms. The Morgan fingerprint density at radius 2 is 1.70 bits per heavy atom. The van der Waals surface area contributed by atoms with Crippen LogP contribution in [0.5, 0.6) is 5.75 Å². The van der Waals surface area contributed by atoms with Crippen LogP contribution in [0, 0.1) is 0 Å². The Morgan fingerprint density at radius 1 is 1.04 bits per heavy atom. The summed E-state index contributed by atoms with van der Waals surface area (Å²) in [5.74, 6) is 0.796. The molecule has 0 radical (unpaired) electrons. The van der Waals surface area contributed by atoms with Crippen molar-refractivity contribution < 1.29 is 9.47 Å². The summed E-state index contributed by atoms with van der Waals surface area (Å²) in [7, 11) is 0. The van der Waals surface area contributed by atoms with Gasteiger partial charge < -0.3 is 9.47 Å². The van der Waals surface area contributed by atoms with Crippen molar-refractivity contribution in [3.05, 3.63) is 65.7 Å². The minimum absolute atomic E-state index is 0.280. The quantitative estimate of drug-likeness (QED) is 0.467. The Bertz CT molecular complexity index is 578. The highest BCUT2D eigenvalue weighted by Gasteiger charge is 2.20. The van der Waals surface area contributed by atoms with E-state index in [4.69, 9.17) is 21.1 Å². The Kier molecular flexibility index (Phi) is 6.49. The molecule has 0 bridgehead atoms. The SMILES string of the molecule is CCC(C)(Cl)c1ccc(OC(C)OCCc2ccccc2)cc1. The number of ether oxygens (including phenoxy) is 2. The van der Waals surface area contributed by atoms with Gasteiger partial charge in [-0.15, -0.1) is 11.6 Å². The molecule has 0 amide bonds. The van der Waals surface area contributed by atoms with Crippen LogP contribution >= 0.6 is 11.6 Å². The van der Waals surface area contributed by atoms with E-state index in [0.29, 0.717) is 6.61 Å². The Hall–Kier alpha value is -1.51. The fourth-order valence-corrected chi connectivity index (χ4v) is 2.42. The van der Waals surface area contributed by atoms with E-state index in [9.17, 15) is 0 Å². The van der Waals surface area contributed by atoms with Crippen LogP contribution < -0.4 is 4.74 Å². The minimum atomic E-state index is -0.323. The lowest BCUT2D eigenvalue weighted by atomic mass is 9.98. The molecule has 0 aliphatic heterocycles. The van der Waals surface area contributed by atoms with Crippen LogP contribution in [-0.4, -0.2) is 12.9 Å². The van der Waals surface area contributed by atoms with E-state index in [0.717, 1.165) is 24.2 Å². The fourth-order valence-electron chi connectivity index (χ4n) is 2.30. The molecule has 2 unspecified atom stereocenters. The van der Waals surface area contributed by atoms with E-state index >= 15 is 0 Å². The van der Waals surface area contributed by atoms with Crippen molar-refractivity contribution in [3.8, 4) is 5.75 Å². The number of halogens is 1. The molecule has 2 nitrogen and oxygen atoms in total. The van der Waals surface area contributed by atoms with Gasteiger partial charge in [0.2, 0.25) is 0 Å². The second-order valence-corrected chi connectivity index (χ2v) is 6.70. The monoisotopic (exact) mass is 332 g/mol. The molecule has 2 aromatic carbocycles. The van der Waals surface area contributed by atoms with Gasteiger partial charge in [0, 0.05) is 0 Å². The van der Waals surface area contributed by atoms with Crippen molar-refractivity contribution in [2.45, 2.75) is 44.8 Å². The summed E-state index contributed by atoms with van der Waals surface area (Å²) in [6, 6.07) is 18.2. The van der Waals surface area contributed by atoms with Crippen LogP contribution in [-0.2, 0) is 16.0 Å². The molecule has 0 spiro atoms. The second kappa shape index (κ2) is 8.37. The van der Waals surface area contributed by atoms with Gasteiger partial charge in [-0.25, -0.2) is 0 Å². The summed E-state index contributed by atoms with van der Waals surface area (Å²) in [6.45, 7) is 6.66. The largest absolute Gasteiger partial charge is 0.465 e. The van der Waals surface area contributed by atoms with Crippen LogP contribution in [0.25, 0.3) is 0 Å². The average Bonchev–Trinajstić information content (AvgIpc) is 2.56. The predicted octanol–water partition coefficient (Wildman–Crippen LogP) is 5.53. The van der Waals surface area contributed by atoms with Crippen molar-refractivity contribution in [2.75, 3.05) is 6.61 Å². The number of rotatable bonds is 8. The van der Waals surface area contributed by atoms with Crippen molar-refractivity contribution in [3.63, 3.8) is 0 Å². The summed E-state index contributed by atoms with van der Waals surface area (Å²) >= 11 is 6.47. The molecule has 2 aromatic rings. The van der Waals surface area contributed by atoms with Crippen molar-refractivity contribution in [2.24, 2.45) is 0 Å². The van der Waals surface area contributed by atoms with Crippen LogP contribution in [0.4, 0.5) is 0 Å². The van der Waals surface area contributed by atoms with E-state index in [1.807, 2.05) is 56.3 Å². The van der Waals surface area contributed by atoms with Crippen LogP contribution in [0.1, 0.15) is 38.3 Å². The zero-order valence-corrected chi connectivity index (χ0v) is 14.8. The molecule has 124 valence electrons. The first-order valence-electron chi connectivity index (χ1n) is 8.13.